The molecule has 0 aliphatic carbocycles. The first-order valence-corrected chi connectivity index (χ1v) is 15.6. The van der Waals surface area contributed by atoms with E-state index in [1.54, 1.807) is 30.3 Å². The molecule has 12 heteroatoms. The molecule has 0 unspecified atom stereocenters. The minimum atomic E-state index is -4.18. The molecule has 0 radical (unpaired) electrons. The van der Waals surface area contributed by atoms with Gasteiger partial charge in [-0.25, -0.2) is 16.8 Å². The van der Waals surface area contributed by atoms with Gasteiger partial charge in [-0.3, -0.25) is 13.8 Å². The average molecular weight is 619 g/mol. The molecular formula is C28H25Cl2N3O5S2. The van der Waals surface area contributed by atoms with Gasteiger partial charge in [0.15, 0.2) is 0 Å². The van der Waals surface area contributed by atoms with Crippen LogP contribution in [0.2, 0.25) is 10.0 Å². The predicted octanol–water partition coefficient (Wildman–Crippen LogP) is 6.25. The summed E-state index contributed by atoms with van der Waals surface area (Å²) in [7, 11) is -8.06. The quantitative estimate of drug-likeness (QED) is 0.231. The van der Waals surface area contributed by atoms with Crippen molar-refractivity contribution < 1.29 is 21.6 Å². The number of nitrogens with one attached hydrogen (secondary N) is 2. The SMILES string of the molecule is Cc1ccc(NS(=O)(=O)c2ccc(NC(=O)CN(c3ccc(Cl)cc3Cl)S(=O)(=O)c3ccccc3)cc2)cc1C. The smallest absolute Gasteiger partial charge is 0.264 e. The van der Waals surface area contributed by atoms with Gasteiger partial charge in [0.25, 0.3) is 20.0 Å². The molecule has 0 spiro atoms. The highest BCUT2D eigenvalue weighted by Gasteiger charge is 2.29. The van der Waals surface area contributed by atoms with E-state index in [9.17, 15) is 21.6 Å². The number of amides is 1. The first-order valence-electron chi connectivity index (χ1n) is 11.9. The summed E-state index contributed by atoms with van der Waals surface area (Å²) in [6.07, 6.45) is 0. The Labute approximate surface area is 243 Å². The van der Waals surface area contributed by atoms with Crippen molar-refractivity contribution in [2.45, 2.75) is 23.6 Å². The van der Waals surface area contributed by atoms with Gasteiger partial charge in [0, 0.05) is 16.4 Å². The average Bonchev–Trinajstić information content (AvgIpc) is 2.90. The van der Waals surface area contributed by atoms with E-state index in [0.29, 0.717) is 10.7 Å². The molecule has 0 aliphatic heterocycles. The molecular weight excluding hydrogens is 593 g/mol. The van der Waals surface area contributed by atoms with Gasteiger partial charge in [-0.15, -0.1) is 0 Å². The van der Waals surface area contributed by atoms with Crippen molar-refractivity contribution >= 4 is 66.2 Å². The minimum Gasteiger partial charge on any atom is -0.325 e. The van der Waals surface area contributed by atoms with E-state index in [1.165, 1.54) is 54.6 Å². The summed E-state index contributed by atoms with van der Waals surface area (Å²) in [5.74, 6) is -0.672. The number of hydrogen-bond donors (Lipinski definition) is 2. The number of nitrogens with zero attached hydrogens (tertiary/aromatic N) is 1. The van der Waals surface area contributed by atoms with E-state index >= 15 is 0 Å². The Morgan fingerprint density at radius 1 is 0.750 bits per heavy atom. The van der Waals surface area contributed by atoms with E-state index in [1.807, 2.05) is 19.9 Å². The molecule has 208 valence electrons. The molecule has 2 N–H and O–H groups in total. The Morgan fingerprint density at radius 2 is 1.40 bits per heavy atom. The number of hydrogen-bond acceptors (Lipinski definition) is 5. The Morgan fingerprint density at radius 3 is 2.02 bits per heavy atom. The van der Waals surface area contributed by atoms with Gasteiger partial charge >= 0.3 is 0 Å². The molecule has 4 aromatic carbocycles. The summed E-state index contributed by atoms with van der Waals surface area (Å²) in [5.41, 5.74) is 2.76. The summed E-state index contributed by atoms with van der Waals surface area (Å²) < 4.78 is 56.1. The molecule has 0 aromatic heterocycles. The topological polar surface area (TPSA) is 113 Å². The lowest BCUT2D eigenvalue weighted by Crippen LogP contribution is -2.38. The number of sulfonamides is 2. The van der Waals surface area contributed by atoms with E-state index in [4.69, 9.17) is 23.2 Å². The third kappa shape index (κ3) is 6.76. The van der Waals surface area contributed by atoms with Crippen LogP contribution in [0.15, 0.2) is 101 Å². The zero-order valence-corrected chi connectivity index (χ0v) is 24.6. The van der Waals surface area contributed by atoms with Crippen molar-refractivity contribution in [3.63, 3.8) is 0 Å². The lowest BCUT2D eigenvalue weighted by molar-refractivity contribution is -0.114. The third-order valence-corrected chi connectivity index (χ3v) is 9.71. The van der Waals surface area contributed by atoms with Crippen LogP contribution in [0, 0.1) is 13.8 Å². The fourth-order valence-corrected chi connectivity index (χ4v) is 6.84. The second-order valence-corrected chi connectivity index (χ2v) is 13.3. The minimum absolute atomic E-state index is 0.00930. The molecule has 0 aliphatic rings. The molecule has 40 heavy (non-hydrogen) atoms. The third-order valence-electron chi connectivity index (χ3n) is 6.00. The van der Waals surface area contributed by atoms with Gasteiger partial charge in [-0.05, 0) is 91.7 Å². The number of carbonyl (C=O) groups is 1. The van der Waals surface area contributed by atoms with E-state index in [0.717, 1.165) is 15.4 Å². The number of halogens is 2. The van der Waals surface area contributed by atoms with Crippen LogP contribution in [0.4, 0.5) is 17.1 Å². The summed E-state index contributed by atoms with van der Waals surface area (Å²) >= 11 is 12.3. The van der Waals surface area contributed by atoms with Gasteiger partial charge < -0.3 is 5.32 Å². The van der Waals surface area contributed by atoms with Crippen molar-refractivity contribution in [2.75, 3.05) is 20.9 Å². The van der Waals surface area contributed by atoms with E-state index in [-0.39, 0.29) is 26.2 Å². The maximum Gasteiger partial charge on any atom is 0.264 e. The number of anilines is 3. The van der Waals surface area contributed by atoms with Crippen LogP contribution < -0.4 is 14.3 Å². The summed E-state index contributed by atoms with van der Waals surface area (Å²) in [4.78, 5) is 13.0. The summed E-state index contributed by atoms with van der Waals surface area (Å²) in [6.45, 7) is 3.21. The van der Waals surface area contributed by atoms with Crippen LogP contribution in [-0.4, -0.2) is 29.3 Å². The predicted molar refractivity (Wildman–Crippen MR) is 159 cm³/mol. The molecule has 4 rings (SSSR count). The van der Waals surface area contributed by atoms with Crippen molar-refractivity contribution in [1.29, 1.82) is 0 Å². The zero-order valence-electron chi connectivity index (χ0n) is 21.4. The normalized spacial score (nSPS) is 11.6. The Hall–Kier alpha value is -3.57. The van der Waals surface area contributed by atoms with E-state index in [2.05, 4.69) is 10.0 Å². The van der Waals surface area contributed by atoms with Crippen LogP contribution in [0.25, 0.3) is 0 Å². The number of rotatable bonds is 9. The van der Waals surface area contributed by atoms with Gasteiger partial charge in [-0.2, -0.15) is 0 Å². The van der Waals surface area contributed by atoms with Crippen molar-refractivity contribution in [3.05, 3.63) is 112 Å². The molecule has 0 atom stereocenters. The number of benzene rings is 4. The molecule has 1 amide bonds. The monoisotopic (exact) mass is 617 g/mol. The molecule has 4 aromatic rings. The molecule has 0 bridgehead atoms. The number of aryl methyl sites for hydroxylation is 2. The zero-order chi connectivity index (χ0) is 29.1. The maximum atomic E-state index is 13.5. The van der Waals surface area contributed by atoms with Gasteiger partial charge in [0.1, 0.15) is 6.54 Å². The van der Waals surface area contributed by atoms with Crippen molar-refractivity contribution in [3.8, 4) is 0 Å². The largest absolute Gasteiger partial charge is 0.325 e. The molecule has 8 nitrogen and oxygen atoms in total. The Kier molecular flexibility index (Phi) is 8.74. The summed E-state index contributed by atoms with van der Waals surface area (Å²) in [5, 5.41) is 2.96. The van der Waals surface area contributed by atoms with E-state index < -0.39 is 32.5 Å². The van der Waals surface area contributed by atoms with Gasteiger partial charge in [0.2, 0.25) is 5.91 Å². The molecule has 0 saturated carbocycles. The second kappa shape index (κ2) is 11.9. The number of carbonyl (C=O) groups excluding carboxylic acids is 1. The first-order chi connectivity index (χ1) is 18.9. The highest BCUT2D eigenvalue weighted by molar-refractivity contribution is 7.93. The lowest BCUT2D eigenvalue weighted by atomic mass is 10.1. The maximum absolute atomic E-state index is 13.5. The van der Waals surface area contributed by atoms with Crippen molar-refractivity contribution in [2.24, 2.45) is 0 Å². The highest BCUT2D eigenvalue weighted by Crippen LogP contribution is 2.32. The Bertz CT molecular complexity index is 1760. The molecule has 0 saturated heterocycles. The van der Waals surface area contributed by atoms with Crippen LogP contribution >= 0.6 is 23.2 Å². The Balaban J connectivity index is 1.54. The first kappa shape index (κ1) is 29.4. The fraction of sp³-hybridized carbons (Fsp3) is 0.107. The standard InChI is InChI=1S/C28H25Cl2N3O5S2/c1-19-8-10-23(16-20(19)2)32-39(35,36)24-13-11-22(12-14-24)31-28(34)18-33(27-15-9-21(29)17-26(27)30)40(37,38)25-6-4-3-5-7-25/h3-17,32H,18H2,1-2H3,(H,31,34). The van der Waals surface area contributed by atoms with Crippen LogP contribution in [-0.2, 0) is 24.8 Å². The second-order valence-electron chi connectivity index (χ2n) is 8.90. The molecule has 0 fully saturated rings. The van der Waals surface area contributed by atoms with Gasteiger partial charge in [-0.1, -0.05) is 47.5 Å². The summed E-state index contributed by atoms with van der Waals surface area (Å²) in [6, 6.07) is 22.7. The van der Waals surface area contributed by atoms with Crippen molar-refractivity contribution in [1.82, 2.24) is 0 Å². The highest BCUT2D eigenvalue weighted by atomic mass is 35.5. The van der Waals surface area contributed by atoms with Gasteiger partial charge in [0.05, 0.1) is 20.5 Å². The van der Waals surface area contributed by atoms with Crippen LogP contribution in [0.3, 0.4) is 0 Å². The van der Waals surface area contributed by atoms with Crippen LogP contribution in [0.5, 0.6) is 0 Å². The fourth-order valence-electron chi connectivity index (χ4n) is 3.77. The lowest BCUT2D eigenvalue weighted by Gasteiger charge is -2.25. The molecule has 0 heterocycles. The van der Waals surface area contributed by atoms with Crippen LogP contribution in [0.1, 0.15) is 11.1 Å².